The molecule has 0 saturated carbocycles. The van der Waals surface area contributed by atoms with Gasteiger partial charge in [-0.2, -0.15) is 0 Å². The van der Waals surface area contributed by atoms with Gasteiger partial charge in [0.1, 0.15) is 6.79 Å². The Labute approximate surface area is 48.2 Å². The van der Waals surface area contributed by atoms with Crippen LogP contribution < -0.4 is 0 Å². The number of aliphatic hydroxyl groups is 1. The van der Waals surface area contributed by atoms with Gasteiger partial charge in [0.25, 0.3) is 0 Å². The van der Waals surface area contributed by atoms with Crippen LogP contribution in [0, 0.1) is 5.92 Å². The molecule has 3 heteroatoms. The van der Waals surface area contributed by atoms with E-state index in [-0.39, 0.29) is 12.7 Å². The Morgan fingerprint density at radius 3 is 2.75 bits per heavy atom. The van der Waals surface area contributed by atoms with E-state index >= 15 is 0 Å². The monoisotopic (exact) mass is 118 g/mol. The van der Waals surface area contributed by atoms with Gasteiger partial charge in [-0.3, -0.25) is 0 Å². The highest BCUT2D eigenvalue weighted by Gasteiger charge is 2.18. The third-order valence-corrected chi connectivity index (χ3v) is 1.19. The summed E-state index contributed by atoms with van der Waals surface area (Å²) < 4.78 is 9.59. The lowest BCUT2D eigenvalue weighted by atomic mass is 10.2. The molecule has 1 fully saturated rings. The largest absolute Gasteiger partial charge is 0.368 e. The minimum absolute atomic E-state index is 0.115. The van der Waals surface area contributed by atoms with Gasteiger partial charge in [-0.05, 0) is 0 Å². The molecule has 0 aliphatic carbocycles. The highest BCUT2D eigenvalue weighted by Crippen LogP contribution is 2.09. The Morgan fingerprint density at radius 2 is 2.38 bits per heavy atom. The molecule has 2 unspecified atom stereocenters. The Balaban J connectivity index is 2.28. The lowest BCUT2D eigenvalue weighted by molar-refractivity contribution is -0.240. The van der Waals surface area contributed by atoms with Crippen LogP contribution in [0.15, 0.2) is 0 Å². The molecule has 1 rings (SSSR count). The van der Waals surface area contributed by atoms with Gasteiger partial charge in [0, 0.05) is 5.92 Å². The zero-order chi connectivity index (χ0) is 5.98. The van der Waals surface area contributed by atoms with E-state index in [0.29, 0.717) is 6.61 Å². The fraction of sp³-hybridized carbons (Fsp3) is 1.00. The number of rotatable bonds is 0. The fourth-order valence-corrected chi connectivity index (χ4v) is 0.598. The van der Waals surface area contributed by atoms with Crippen LogP contribution in [0.1, 0.15) is 6.92 Å². The van der Waals surface area contributed by atoms with Crippen molar-refractivity contribution in [2.24, 2.45) is 5.92 Å². The smallest absolute Gasteiger partial charge is 0.162 e. The van der Waals surface area contributed by atoms with Crippen LogP contribution in [-0.2, 0) is 9.47 Å². The zero-order valence-electron chi connectivity index (χ0n) is 4.83. The van der Waals surface area contributed by atoms with E-state index in [2.05, 4.69) is 0 Å². The maximum Gasteiger partial charge on any atom is 0.162 e. The SMILES string of the molecule is CC1COCOC1O. The summed E-state index contributed by atoms with van der Waals surface area (Å²) in [6.45, 7) is 2.70. The van der Waals surface area contributed by atoms with E-state index in [1.165, 1.54) is 0 Å². The van der Waals surface area contributed by atoms with Gasteiger partial charge in [0.15, 0.2) is 6.29 Å². The van der Waals surface area contributed by atoms with E-state index in [1.54, 1.807) is 0 Å². The van der Waals surface area contributed by atoms with Crippen LogP contribution in [0.2, 0.25) is 0 Å². The van der Waals surface area contributed by atoms with E-state index in [9.17, 15) is 0 Å². The molecule has 1 aliphatic rings. The molecule has 48 valence electrons. The molecule has 0 aromatic carbocycles. The summed E-state index contributed by atoms with van der Waals surface area (Å²) in [6.07, 6.45) is -0.622. The first-order chi connectivity index (χ1) is 3.80. The summed E-state index contributed by atoms with van der Waals surface area (Å²) in [7, 11) is 0. The molecule has 0 bridgehead atoms. The summed E-state index contributed by atoms with van der Waals surface area (Å²) in [5.41, 5.74) is 0. The zero-order valence-corrected chi connectivity index (χ0v) is 4.83. The van der Waals surface area contributed by atoms with Gasteiger partial charge in [-0.15, -0.1) is 0 Å². The maximum absolute atomic E-state index is 8.88. The highest BCUT2D eigenvalue weighted by atomic mass is 16.7. The molecule has 1 saturated heterocycles. The topological polar surface area (TPSA) is 38.7 Å². The van der Waals surface area contributed by atoms with Crippen molar-refractivity contribution in [1.29, 1.82) is 0 Å². The first-order valence-electron chi connectivity index (χ1n) is 2.68. The summed E-state index contributed by atoms with van der Waals surface area (Å²) in [6, 6.07) is 0. The third kappa shape index (κ3) is 1.18. The summed E-state index contributed by atoms with van der Waals surface area (Å²) in [4.78, 5) is 0. The molecule has 3 nitrogen and oxygen atoms in total. The van der Waals surface area contributed by atoms with Crippen molar-refractivity contribution in [2.75, 3.05) is 13.4 Å². The molecule has 0 amide bonds. The Bertz CT molecular complexity index is 64.1. The van der Waals surface area contributed by atoms with Gasteiger partial charge < -0.3 is 14.6 Å². The Hall–Kier alpha value is -0.120. The number of ether oxygens (including phenoxy) is 2. The van der Waals surface area contributed by atoms with Gasteiger partial charge in [-0.1, -0.05) is 6.92 Å². The van der Waals surface area contributed by atoms with E-state index in [0.717, 1.165) is 0 Å². The molecule has 1 heterocycles. The Kier molecular flexibility index (Phi) is 1.83. The standard InChI is InChI=1S/C5H10O3/c1-4-2-7-3-8-5(4)6/h4-6H,2-3H2,1H3. The molecule has 0 radical (unpaired) electrons. The predicted molar refractivity (Wildman–Crippen MR) is 27.1 cm³/mol. The summed E-state index contributed by atoms with van der Waals surface area (Å²) >= 11 is 0. The lowest BCUT2D eigenvalue weighted by Crippen LogP contribution is -2.31. The second-order valence-electron chi connectivity index (χ2n) is 2.02. The van der Waals surface area contributed by atoms with Crippen molar-refractivity contribution in [1.82, 2.24) is 0 Å². The van der Waals surface area contributed by atoms with E-state index < -0.39 is 6.29 Å². The second-order valence-corrected chi connectivity index (χ2v) is 2.02. The van der Waals surface area contributed by atoms with Crippen LogP contribution in [0.4, 0.5) is 0 Å². The lowest BCUT2D eigenvalue weighted by Gasteiger charge is -2.24. The molecule has 1 aliphatic heterocycles. The molecule has 0 aromatic heterocycles. The van der Waals surface area contributed by atoms with E-state index in [4.69, 9.17) is 14.6 Å². The Morgan fingerprint density at radius 1 is 1.62 bits per heavy atom. The van der Waals surface area contributed by atoms with Gasteiger partial charge in [0.2, 0.25) is 0 Å². The van der Waals surface area contributed by atoms with Crippen molar-refractivity contribution in [2.45, 2.75) is 13.2 Å². The van der Waals surface area contributed by atoms with E-state index in [1.807, 2.05) is 6.92 Å². The van der Waals surface area contributed by atoms with Crippen molar-refractivity contribution in [3.63, 3.8) is 0 Å². The van der Waals surface area contributed by atoms with Gasteiger partial charge in [0.05, 0.1) is 6.61 Å². The molecular weight excluding hydrogens is 108 g/mol. The van der Waals surface area contributed by atoms with Gasteiger partial charge in [-0.25, -0.2) is 0 Å². The molecule has 0 aromatic rings. The first kappa shape index (κ1) is 6.01. The second kappa shape index (κ2) is 2.44. The first-order valence-corrected chi connectivity index (χ1v) is 2.68. The third-order valence-electron chi connectivity index (χ3n) is 1.19. The van der Waals surface area contributed by atoms with Crippen molar-refractivity contribution >= 4 is 0 Å². The average molecular weight is 118 g/mol. The van der Waals surface area contributed by atoms with Crippen LogP contribution in [0.5, 0.6) is 0 Å². The van der Waals surface area contributed by atoms with Gasteiger partial charge >= 0.3 is 0 Å². The van der Waals surface area contributed by atoms with Crippen molar-refractivity contribution < 1.29 is 14.6 Å². The number of hydrogen-bond acceptors (Lipinski definition) is 3. The average Bonchev–Trinajstić information content (AvgIpc) is 1.77. The van der Waals surface area contributed by atoms with Crippen molar-refractivity contribution in [3.05, 3.63) is 0 Å². The summed E-state index contributed by atoms with van der Waals surface area (Å²) in [5, 5.41) is 8.88. The minimum Gasteiger partial charge on any atom is -0.368 e. The molecule has 8 heavy (non-hydrogen) atoms. The van der Waals surface area contributed by atoms with Crippen LogP contribution in [0.3, 0.4) is 0 Å². The normalized spacial score (nSPS) is 39.8. The molecule has 0 spiro atoms. The maximum atomic E-state index is 8.88. The fourth-order valence-electron chi connectivity index (χ4n) is 0.598. The molecular formula is C5H10O3. The highest BCUT2D eigenvalue weighted by molar-refractivity contribution is 4.55. The van der Waals surface area contributed by atoms with Crippen molar-refractivity contribution in [3.8, 4) is 0 Å². The molecule has 1 N–H and O–H groups in total. The molecule has 2 atom stereocenters. The number of aliphatic hydroxyl groups excluding tert-OH is 1. The minimum atomic E-state index is -0.622. The number of hydrogen-bond donors (Lipinski definition) is 1. The van der Waals surface area contributed by atoms with Crippen LogP contribution in [-0.4, -0.2) is 24.8 Å². The van der Waals surface area contributed by atoms with Crippen LogP contribution >= 0.6 is 0 Å². The quantitative estimate of drug-likeness (QED) is 0.484. The van der Waals surface area contributed by atoms with Crippen LogP contribution in [0.25, 0.3) is 0 Å². The predicted octanol–water partition coefficient (Wildman–Crippen LogP) is -0.0548. The summed E-state index contributed by atoms with van der Waals surface area (Å²) in [5.74, 6) is 0.115.